The number of carboxylic acids is 1. The van der Waals surface area contributed by atoms with E-state index in [9.17, 15) is 33.9 Å². The van der Waals surface area contributed by atoms with Crippen molar-refractivity contribution in [3.63, 3.8) is 0 Å². The van der Waals surface area contributed by atoms with Gasteiger partial charge in [-0.3, -0.25) is 19.3 Å². The predicted molar refractivity (Wildman–Crippen MR) is 154 cm³/mol. The van der Waals surface area contributed by atoms with Gasteiger partial charge < -0.3 is 25.4 Å². The lowest BCUT2D eigenvalue weighted by molar-refractivity contribution is -0.141. The molecule has 1 saturated heterocycles. The molecule has 0 aliphatic carbocycles. The lowest BCUT2D eigenvalue weighted by Gasteiger charge is -2.38. The first kappa shape index (κ1) is 31.5. The van der Waals surface area contributed by atoms with Crippen molar-refractivity contribution in [3.05, 3.63) is 81.6 Å². The maximum Gasteiger partial charge on any atom is 0.341 e. The number of carbonyl (C=O) groups is 6. The van der Waals surface area contributed by atoms with E-state index in [0.29, 0.717) is 25.8 Å². The molecule has 1 fully saturated rings. The minimum atomic E-state index is -1.67. The summed E-state index contributed by atoms with van der Waals surface area (Å²) in [6.45, 7) is -0.445. The Kier molecular flexibility index (Phi) is 10.4. The molecule has 4 amide bonds. The van der Waals surface area contributed by atoms with Gasteiger partial charge in [0.1, 0.15) is 24.5 Å². The monoisotopic (exact) mass is 630 g/mol. The van der Waals surface area contributed by atoms with Gasteiger partial charge >= 0.3 is 18.0 Å². The molecule has 226 valence electrons. The van der Waals surface area contributed by atoms with Crippen LogP contribution < -0.4 is 10.6 Å². The van der Waals surface area contributed by atoms with E-state index in [2.05, 4.69) is 10.6 Å². The highest BCUT2D eigenvalue weighted by atomic mass is 35.5. The molecule has 4 rings (SSSR count). The third-order valence-corrected chi connectivity index (χ3v) is 7.48. The van der Waals surface area contributed by atoms with Gasteiger partial charge in [0.2, 0.25) is 5.91 Å². The van der Waals surface area contributed by atoms with E-state index in [-0.39, 0.29) is 27.7 Å². The van der Waals surface area contributed by atoms with Crippen molar-refractivity contribution in [1.82, 2.24) is 20.4 Å². The second-order valence-electron chi connectivity index (χ2n) is 9.86. The highest BCUT2D eigenvalue weighted by Gasteiger charge is 2.41. The van der Waals surface area contributed by atoms with Gasteiger partial charge in [-0.15, -0.1) is 0 Å². The summed E-state index contributed by atoms with van der Waals surface area (Å²) < 4.78 is 4.95. The van der Waals surface area contributed by atoms with Crippen LogP contribution in [0.3, 0.4) is 0 Å². The maximum absolute atomic E-state index is 13.2. The third-order valence-electron chi connectivity index (χ3n) is 6.85. The SMILES string of the molecule is O=C(COC(=O)c1c(Cl)cccc1Cl)CC(NC(=O)N1C=C(NC(=O)CCc2ccccc2)C(=O)N2CCCC12)C(=O)O. The fraction of sp³-hybridized carbons (Fsp3) is 0.310. The van der Waals surface area contributed by atoms with E-state index < -0.39 is 60.8 Å². The second-order valence-corrected chi connectivity index (χ2v) is 10.7. The van der Waals surface area contributed by atoms with Crippen molar-refractivity contribution in [1.29, 1.82) is 0 Å². The van der Waals surface area contributed by atoms with E-state index in [0.717, 1.165) is 10.5 Å². The standard InChI is InChI=1S/C29H28Cl2N4O8/c30-19-8-4-9-20(31)25(19)28(41)43-16-18(36)14-21(27(39)40)33-29(42)35-15-22(26(38)34-13-5-10-24(34)35)32-23(37)12-11-17-6-2-1-3-7-17/h1-4,6-9,15,21,24H,5,10-14,16H2,(H,32,37)(H,33,42)(H,39,40). The zero-order valence-electron chi connectivity index (χ0n) is 22.8. The Balaban J connectivity index is 1.39. The minimum absolute atomic E-state index is 0.0152. The third kappa shape index (κ3) is 7.90. The number of aliphatic carboxylic acids is 1. The zero-order valence-corrected chi connectivity index (χ0v) is 24.3. The number of rotatable bonds is 11. The van der Waals surface area contributed by atoms with Crippen LogP contribution in [-0.4, -0.2) is 75.8 Å². The van der Waals surface area contributed by atoms with E-state index in [1.807, 2.05) is 30.3 Å². The van der Waals surface area contributed by atoms with Crippen LogP contribution in [0.4, 0.5) is 4.79 Å². The highest BCUT2D eigenvalue weighted by molar-refractivity contribution is 6.39. The minimum Gasteiger partial charge on any atom is -0.480 e. The topological polar surface area (TPSA) is 162 Å². The number of nitrogens with one attached hydrogen (secondary N) is 2. The average Bonchev–Trinajstić information content (AvgIpc) is 3.47. The van der Waals surface area contributed by atoms with Crippen molar-refractivity contribution in [2.24, 2.45) is 0 Å². The second kappa shape index (κ2) is 14.2. The number of amides is 4. The number of Topliss-reactive ketones (excluding diaryl/α,β-unsaturated/α-hetero) is 1. The van der Waals surface area contributed by atoms with Crippen LogP contribution in [-0.2, 0) is 30.3 Å². The molecule has 0 radical (unpaired) electrons. The molecule has 14 heteroatoms. The number of nitrogens with zero attached hydrogens (tertiary/aromatic N) is 2. The number of aryl methyl sites for hydroxylation is 1. The number of carbonyl (C=O) groups excluding carboxylic acids is 5. The first-order chi connectivity index (χ1) is 20.5. The van der Waals surface area contributed by atoms with E-state index in [1.54, 1.807) is 0 Å². The lowest BCUT2D eigenvalue weighted by atomic mass is 10.1. The number of carboxylic acid groups (broad SMARTS) is 1. The molecule has 0 bridgehead atoms. The molecule has 0 saturated carbocycles. The largest absolute Gasteiger partial charge is 0.480 e. The van der Waals surface area contributed by atoms with Gasteiger partial charge in [-0.1, -0.05) is 59.6 Å². The predicted octanol–water partition coefficient (Wildman–Crippen LogP) is 3.13. The molecule has 2 aliphatic heterocycles. The number of esters is 1. The Morgan fingerprint density at radius 3 is 2.40 bits per heavy atom. The summed E-state index contributed by atoms with van der Waals surface area (Å²) in [7, 11) is 0. The molecule has 0 aromatic heterocycles. The van der Waals surface area contributed by atoms with Crippen molar-refractivity contribution < 1.29 is 38.6 Å². The smallest absolute Gasteiger partial charge is 0.341 e. The Morgan fingerprint density at radius 2 is 1.72 bits per heavy atom. The number of benzene rings is 2. The molecule has 2 unspecified atom stereocenters. The van der Waals surface area contributed by atoms with Crippen molar-refractivity contribution in [2.45, 2.75) is 44.3 Å². The molecule has 43 heavy (non-hydrogen) atoms. The summed E-state index contributed by atoms with van der Waals surface area (Å²) in [5.74, 6) is -4.14. The van der Waals surface area contributed by atoms with Gasteiger partial charge in [-0.25, -0.2) is 14.4 Å². The van der Waals surface area contributed by atoms with Gasteiger partial charge in [0.05, 0.1) is 15.6 Å². The fourth-order valence-corrected chi connectivity index (χ4v) is 5.28. The van der Waals surface area contributed by atoms with Crippen molar-refractivity contribution >= 4 is 58.8 Å². The molecule has 12 nitrogen and oxygen atoms in total. The molecular formula is C29H28Cl2N4O8. The molecule has 2 atom stereocenters. The number of ether oxygens (including phenoxy) is 1. The number of ketones is 1. The quantitative estimate of drug-likeness (QED) is 0.319. The summed E-state index contributed by atoms with van der Waals surface area (Å²) in [5.41, 5.74) is 0.676. The maximum atomic E-state index is 13.2. The summed E-state index contributed by atoms with van der Waals surface area (Å²) in [6, 6.07) is 11.1. The average molecular weight is 631 g/mol. The van der Waals surface area contributed by atoms with E-state index in [1.165, 1.54) is 29.3 Å². The summed E-state index contributed by atoms with van der Waals surface area (Å²) in [5, 5.41) is 14.6. The van der Waals surface area contributed by atoms with Crippen molar-refractivity contribution in [3.8, 4) is 0 Å². The number of hydrogen-bond acceptors (Lipinski definition) is 7. The summed E-state index contributed by atoms with van der Waals surface area (Å²) >= 11 is 11.9. The van der Waals surface area contributed by atoms with Gasteiger partial charge in [0.15, 0.2) is 5.78 Å². The van der Waals surface area contributed by atoms with Crippen LogP contribution in [0.2, 0.25) is 10.0 Å². The first-order valence-corrected chi connectivity index (χ1v) is 14.1. The normalized spacial score (nSPS) is 16.6. The van der Waals surface area contributed by atoms with Crippen LogP contribution in [0.15, 0.2) is 60.4 Å². The lowest BCUT2D eigenvalue weighted by Crippen LogP contribution is -2.58. The fourth-order valence-electron chi connectivity index (χ4n) is 4.73. The molecule has 0 spiro atoms. The highest BCUT2D eigenvalue weighted by Crippen LogP contribution is 2.28. The number of halogens is 2. The van der Waals surface area contributed by atoms with E-state index >= 15 is 0 Å². The first-order valence-electron chi connectivity index (χ1n) is 13.4. The van der Waals surface area contributed by atoms with Gasteiger partial charge in [-0.05, 0) is 37.0 Å². The summed E-state index contributed by atoms with van der Waals surface area (Å²) in [6.07, 6.45) is 1.36. The molecule has 2 aromatic rings. The van der Waals surface area contributed by atoms with Crippen LogP contribution in [0.25, 0.3) is 0 Å². The van der Waals surface area contributed by atoms with Crippen LogP contribution in [0.1, 0.15) is 41.6 Å². The Bertz CT molecular complexity index is 1450. The number of hydrogen-bond donors (Lipinski definition) is 3. The van der Waals surface area contributed by atoms with Gasteiger partial charge in [0, 0.05) is 25.6 Å². The van der Waals surface area contributed by atoms with Crippen LogP contribution >= 0.6 is 23.2 Å². The zero-order chi connectivity index (χ0) is 31.1. The Morgan fingerprint density at radius 1 is 1.02 bits per heavy atom. The van der Waals surface area contributed by atoms with Gasteiger partial charge in [0.25, 0.3) is 5.91 Å². The Labute approximate surface area is 256 Å². The Hall–Kier alpha value is -4.42. The molecule has 2 aliphatic rings. The molecule has 3 N–H and O–H groups in total. The van der Waals surface area contributed by atoms with Crippen LogP contribution in [0, 0.1) is 0 Å². The number of fused-ring (bicyclic) bond motifs is 1. The molecular weight excluding hydrogens is 603 g/mol. The molecule has 2 aromatic carbocycles. The molecule has 2 heterocycles. The van der Waals surface area contributed by atoms with Crippen molar-refractivity contribution in [2.75, 3.05) is 13.2 Å². The van der Waals surface area contributed by atoms with Crippen LogP contribution in [0.5, 0.6) is 0 Å². The summed E-state index contributed by atoms with van der Waals surface area (Å²) in [4.78, 5) is 78.2. The van der Waals surface area contributed by atoms with Gasteiger partial charge in [-0.2, -0.15) is 0 Å². The van der Waals surface area contributed by atoms with E-state index in [4.69, 9.17) is 27.9 Å². The number of urea groups is 1.